The fraction of sp³-hybridized carbons (Fsp3) is 0.500. The molecule has 1 radical (unpaired) electrons. The fourth-order valence-corrected chi connectivity index (χ4v) is 1.46. The van der Waals surface area contributed by atoms with Crippen LogP contribution in [0.2, 0.25) is 0 Å². The molecule has 0 aromatic carbocycles. The van der Waals surface area contributed by atoms with Crippen LogP contribution in [0.5, 0.6) is 0 Å². The maximum absolute atomic E-state index is 10.9. The molecule has 1 aliphatic rings. The lowest BCUT2D eigenvalue weighted by Crippen LogP contribution is -2.10. The SMILES string of the molecule is CC(=O)Nc1n[c]nc(C2CC2)c1C. The first-order valence-electron chi connectivity index (χ1n) is 4.70. The van der Waals surface area contributed by atoms with Crippen molar-refractivity contribution < 1.29 is 4.79 Å². The van der Waals surface area contributed by atoms with Crippen LogP contribution in [0.4, 0.5) is 5.82 Å². The third-order valence-electron chi connectivity index (χ3n) is 2.33. The predicted octanol–water partition coefficient (Wildman–Crippen LogP) is 1.42. The molecule has 14 heavy (non-hydrogen) atoms. The number of rotatable bonds is 2. The molecule has 0 saturated heterocycles. The number of nitrogens with one attached hydrogen (secondary N) is 1. The summed E-state index contributed by atoms with van der Waals surface area (Å²) in [5, 5.41) is 2.67. The molecule has 1 aliphatic carbocycles. The minimum absolute atomic E-state index is 0.109. The Morgan fingerprint density at radius 2 is 2.21 bits per heavy atom. The van der Waals surface area contributed by atoms with Crippen LogP contribution < -0.4 is 5.32 Å². The van der Waals surface area contributed by atoms with E-state index in [2.05, 4.69) is 21.6 Å². The van der Waals surface area contributed by atoms with Crippen molar-refractivity contribution in [3.8, 4) is 0 Å². The van der Waals surface area contributed by atoms with Gasteiger partial charge in [0.05, 0.1) is 5.69 Å². The highest BCUT2D eigenvalue weighted by Crippen LogP contribution is 2.41. The molecule has 4 heteroatoms. The molecule has 1 aromatic rings. The summed E-state index contributed by atoms with van der Waals surface area (Å²) in [6.45, 7) is 3.41. The highest BCUT2D eigenvalue weighted by molar-refractivity contribution is 5.88. The lowest BCUT2D eigenvalue weighted by atomic mass is 10.1. The zero-order valence-corrected chi connectivity index (χ0v) is 8.29. The van der Waals surface area contributed by atoms with Crippen LogP contribution in [0.1, 0.15) is 36.9 Å². The number of hydrogen-bond donors (Lipinski definition) is 1. The van der Waals surface area contributed by atoms with Crippen molar-refractivity contribution in [1.82, 2.24) is 9.97 Å². The van der Waals surface area contributed by atoms with Gasteiger partial charge in [-0.25, -0.2) is 9.97 Å². The molecule has 1 amide bonds. The molecule has 0 bridgehead atoms. The maximum atomic E-state index is 10.9. The zero-order valence-electron chi connectivity index (χ0n) is 8.29. The molecule has 4 nitrogen and oxygen atoms in total. The summed E-state index contributed by atoms with van der Waals surface area (Å²) in [6.07, 6.45) is 4.95. The summed E-state index contributed by atoms with van der Waals surface area (Å²) in [7, 11) is 0. The molecule has 1 fully saturated rings. The molecular weight excluding hydrogens is 178 g/mol. The van der Waals surface area contributed by atoms with Crippen molar-refractivity contribution in [2.24, 2.45) is 0 Å². The smallest absolute Gasteiger partial charge is 0.222 e. The Morgan fingerprint density at radius 3 is 2.79 bits per heavy atom. The van der Waals surface area contributed by atoms with Crippen molar-refractivity contribution in [2.45, 2.75) is 32.6 Å². The Bertz CT molecular complexity index is 372. The topological polar surface area (TPSA) is 54.9 Å². The number of aromatic nitrogens is 2. The molecule has 0 aliphatic heterocycles. The van der Waals surface area contributed by atoms with Crippen LogP contribution in [0.15, 0.2) is 0 Å². The van der Waals surface area contributed by atoms with Gasteiger partial charge in [0.2, 0.25) is 5.91 Å². The highest BCUT2D eigenvalue weighted by Gasteiger charge is 2.27. The number of carbonyl (C=O) groups is 1. The third kappa shape index (κ3) is 1.73. The number of carbonyl (C=O) groups excluding carboxylic acids is 1. The monoisotopic (exact) mass is 190 g/mol. The lowest BCUT2D eigenvalue weighted by molar-refractivity contribution is -0.114. The van der Waals surface area contributed by atoms with E-state index in [1.807, 2.05) is 6.92 Å². The van der Waals surface area contributed by atoms with Crippen molar-refractivity contribution in [3.05, 3.63) is 17.6 Å². The first kappa shape index (κ1) is 9.12. The van der Waals surface area contributed by atoms with E-state index in [0.717, 1.165) is 11.3 Å². The maximum Gasteiger partial charge on any atom is 0.222 e. The molecule has 1 heterocycles. The number of hydrogen-bond acceptors (Lipinski definition) is 3. The van der Waals surface area contributed by atoms with Crippen LogP contribution in [0.25, 0.3) is 0 Å². The van der Waals surface area contributed by atoms with Gasteiger partial charge in [-0.1, -0.05) is 0 Å². The van der Waals surface area contributed by atoms with Crippen LogP contribution in [0.3, 0.4) is 0 Å². The average Bonchev–Trinajstić information content (AvgIpc) is 2.91. The second-order valence-corrected chi connectivity index (χ2v) is 3.64. The van der Waals surface area contributed by atoms with E-state index in [4.69, 9.17) is 0 Å². The van der Waals surface area contributed by atoms with Crippen LogP contribution >= 0.6 is 0 Å². The summed E-state index contributed by atoms with van der Waals surface area (Å²) in [6, 6.07) is 0. The van der Waals surface area contributed by atoms with E-state index >= 15 is 0 Å². The fourth-order valence-electron chi connectivity index (χ4n) is 1.46. The summed E-state index contributed by atoms with van der Waals surface area (Å²) in [4.78, 5) is 18.9. The molecule has 0 unspecified atom stereocenters. The second-order valence-electron chi connectivity index (χ2n) is 3.64. The number of amides is 1. The summed E-state index contributed by atoms with van der Waals surface area (Å²) in [5.74, 6) is 1.04. The van der Waals surface area contributed by atoms with Crippen LogP contribution in [0, 0.1) is 13.3 Å². The van der Waals surface area contributed by atoms with Gasteiger partial charge in [0.15, 0.2) is 6.33 Å². The van der Waals surface area contributed by atoms with Gasteiger partial charge in [-0.3, -0.25) is 4.79 Å². The molecule has 2 rings (SSSR count). The molecule has 73 valence electrons. The van der Waals surface area contributed by atoms with Gasteiger partial charge in [0, 0.05) is 18.4 Å². The summed E-state index contributed by atoms with van der Waals surface area (Å²) < 4.78 is 0. The number of nitrogens with zero attached hydrogens (tertiary/aromatic N) is 2. The zero-order chi connectivity index (χ0) is 10.1. The van der Waals surface area contributed by atoms with Crippen molar-refractivity contribution >= 4 is 11.7 Å². The molecule has 0 spiro atoms. The van der Waals surface area contributed by atoms with E-state index < -0.39 is 0 Å². The highest BCUT2D eigenvalue weighted by atomic mass is 16.1. The first-order valence-corrected chi connectivity index (χ1v) is 4.70. The van der Waals surface area contributed by atoms with Gasteiger partial charge >= 0.3 is 0 Å². The van der Waals surface area contributed by atoms with Crippen molar-refractivity contribution in [1.29, 1.82) is 0 Å². The van der Waals surface area contributed by atoms with E-state index in [1.54, 1.807) is 0 Å². The normalized spacial score (nSPS) is 15.3. The van der Waals surface area contributed by atoms with Gasteiger partial charge in [0.1, 0.15) is 5.82 Å². The second kappa shape index (κ2) is 3.36. The molecule has 1 saturated carbocycles. The van der Waals surface area contributed by atoms with E-state index in [1.165, 1.54) is 19.8 Å². The average molecular weight is 190 g/mol. The van der Waals surface area contributed by atoms with Gasteiger partial charge in [-0.15, -0.1) is 0 Å². The predicted molar refractivity (Wildman–Crippen MR) is 51.9 cm³/mol. The molecular formula is C10H12N3O. The molecule has 0 atom stereocenters. The van der Waals surface area contributed by atoms with Crippen molar-refractivity contribution in [3.63, 3.8) is 0 Å². The van der Waals surface area contributed by atoms with Gasteiger partial charge in [0.25, 0.3) is 0 Å². The van der Waals surface area contributed by atoms with E-state index in [0.29, 0.717) is 11.7 Å². The minimum Gasteiger partial charge on any atom is -0.311 e. The quantitative estimate of drug-likeness (QED) is 0.767. The van der Waals surface area contributed by atoms with Crippen molar-refractivity contribution in [2.75, 3.05) is 5.32 Å². The largest absolute Gasteiger partial charge is 0.311 e. The van der Waals surface area contributed by atoms with Crippen LogP contribution in [-0.4, -0.2) is 15.9 Å². The van der Waals surface area contributed by atoms with Gasteiger partial charge in [-0.2, -0.15) is 0 Å². The van der Waals surface area contributed by atoms with Crippen LogP contribution in [-0.2, 0) is 4.79 Å². The Kier molecular flexibility index (Phi) is 2.19. The minimum atomic E-state index is -0.109. The Balaban J connectivity index is 2.31. The molecule has 1 aromatic heterocycles. The standard InChI is InChI=1S/C10H12N3O/c1-6-9(8-3-4-8)11-5-12-10(6)13-7(2)14/h8H,3-4H2,1-2H3,(H,11,12,13,14). The molecule has 1 N–H and O–H groups in total. The van der Waals surface area contributed by atoms with E-state index in [9.17, 15) is 4.79 Å². The van der Waals surface area contributed by atoms with E-state index in [-0.39, 0.29) is 5.91 Å². The summed E-state index contributed by atoms with van der Waals surface area (Å²) >= 11 is 0. The van der Waals surface area contributed by atoms with Gasteiger partial charge in [-0.05, 0) is 19.8 Å². The summed E-state index contributed by atoms with van der Waals surface area (Å²) in [5.41, 5.74) is 2.00. The Labute approximate surface area is 82.8 Å². The first-order chi connectivity index (χ1) is 6.68. The number of anilines is 1. The lowest BCUT2D eigenvalue weighted by Gasteiger charge is -2.07. The Hall–Kier alpha value is -1.45. The Morgan fingerprint density at radius 1 is 1.50 bits per heavy atom. The third-order valence-corrected chi connectivity index (χ3v) is 2.33. The van der Waals surface area contributed by atoms with Gasteiger partial charge < -0.3 is 5.32 Å².